The number of hydrogen-bond acceptors (Lipinski definition) is 4. The standard InChI is InChI=1S/C24H16Cl2FN5O/c25-16-1-2-21-14(5-16)3-13(8-29-21)4-17-10-28-12-23(32-17)24(33)31-9-15-6-18-19(26)11-30-22(18)7-20(15)27/h1-3,5-8,10-12,30H,4,9H2,(H,31,33). The highest BCUT2D eigenvalue weighted by Crippen LogP contribution is 2.26. The van der Waals surface area contributed by atoms with Crippen LogP contribution in [-0.2, 0) is 13.0 Å². The predicted molar refractivity (Wildman–Crippen MR) is 126 cm³/mol. The molecule has 0 aliphatic carbocycles. The Bertz CT molecular complexity index is 1520. The Morgan fingerprint density at radius 1 is 1.09 bits per heavy atom. The number of nitrogens with one attached hydrogen (secondary N) is 2. The van der Waals surface area contributed by atoms with Crippen molar-refractivity contribution in [3.8, 4) is 0 Å². The molecular weight excluding hydrogens is 464 g/mol. The number of halogens is 3. The molecule has 5 rings (SSSR count). The van der Waals surface area contributed by atoms with Crippen LogP contribution in [0.15, 0.2) is 61.2 Å². The van der Waals surface area contributed by atoms with Gasteiger partial charge < -0.3 is 10.3 Å². The van der Waals surface area contributed by atoms with Crippen LogP contribution in [-0.4, -0.2) is 25.8 Å². The maximum atomic E-state index is 14.4. The van der Waals surface area contributed by atoms with E-state index in [1.54, 1.807) is 30.7 Å². The van der Waals surface area contributed by atoms with Gasteiger partial charge in [0.15, 0.2) is 0 Å². The van der Waals surface area contributed by atoms with E-state index in [4.69, 9.17) is 23.2 Å². The van der Waals surface area contributed by atoms with Crippen LogP contribution >= 0.6 is 23.2 Å². The molecule has 0 bridgehead atoms. The van der Waals surface area contributed by atoms with Crippen molar-refractivity contribution in [2.75, 3.05) is 0 Å². The Balaban J connectivity index is 1.31. The predicted octanol–water partition coefficient (Wildman–Crippen LogP) is 5.47. The minimum atomic E-state index is -0.451. The maximum absolute atomic E-state index is 14.4. The molecule has 3 heterocycles. The summed E-state index contributed by atoms with van der Waals surface area (Å²) in [6, 6.07) is 10.4. The Morgan fingerprint density at radius 2 is 1.97 bits per heavy atom. The molecule has 9 heteroatoms. The second-order valence-electron chi connectivity index (χ2n) is 7.56. The highest BCUT2D eigenvalue weighted by Gasteiger charge is 2.13. The molecule has 0 radical (unpaired) electrons. The lowest BCUT2D eigenvalue weighted by Gasteiger charge is -2.08. The molecule has 6 nitrogen and oxygen atoms in total. The van der Waals surface area contributed by atoms with E-state index < -0.39 is 11.7 Å². The van der Waals surface area contributed by atoms with Gasteiger partial charge >= 0.3 is 0 Å². The number of carbonyl (C=O) groups is 1. The molecule has 0 saturated heterocycles. The minimum absolute atomic E-state index is 0.0105. The topological polar surface area (TPSA) is 83.6 Å². The highest BCUT2D eigenvalue weighted by molar-refractivity contribution is 6.35. The molecule has 0 atom stereocenters. The summed E-state index contributed by atoms with van der Waals surface area (Å²) in [7, 11) is 0. The largest absolute Gasteiger partial charge is 0.360 e. The van der Waals surface area contributed by atoms with E-state index in [9.17, 15) is 9.18 Å². The van der Waals surface area contributed by atoms with Crippen molar-refractivity contribution in [3.05, 3.63) is 99.6 Å². The number of aromatic nitrogens is 4. The lowest BCUT2D eigenvalue weighted by Crippen LogP contribution is -2.25. The molecule has 0 spiro atoms. The highest BCUT2D eigenvalue weighted by atomic mass is 35.5. The van der Waals surface area contributed by atoms with Crippen LogP contribution in [0.5, 0.6) is 0 Å². The molecule has 0 aliphatic heterocycles. The third kappa shape index (κ3) is 4.51. The number of benzene rings is 2. The van der Waals surface area contributed by atoms with Crippen LogP contribution in [0, 0.1) is 5.82 Å². The fraction of sp³-hybridized carbons (Fsp3) is 0.0833. The van der Waals surface area contributed by atoms with Gasteiger partial charge in [0.05, 0.1) is 22.4 Å². The molecule has 2 N–H and O–H groups in total. The maximum Gasteiger partial charge on any atom is 0.271 e. The molecule has 1 amide bonds. The van der Waals surface area contributed by atoms with Gasteiger partial charge in [-0.05, 0) is 42.0 Å². The Morgan fingerprint density at radius 3 is 2.85 bits per heavy atom. The van der Waals surface area contributed by atoms with Crippen LogP contribution in [0.2, 0.25) is 10.0 Å². The average molecular weight is 480 g/mol. The second-order valence-corrected chi connectivity index (χ2v) is 8.41. The van der Waals surface area contributed by atoms with Gasteiger partial charge in [0.25, 0.3) is 5.91 Å². The normalized spacial score (nSPS) is 11.2. The average Bonchev–Trinajstić information content (AvgIpc) is 3.16. The zero-order chi connectivity index (χ0) is 22.9. The van der Waals surface area contributed by atoms with Crippen LogP contribution in [0.3, 0.4) is 0 Å². The van der Waals surface area contributed by atoms with E-state index in [1.807, 2.05) is 18.2 Å². The first kappa shape index (κ1) is 21.3. The summed E-state index contributed by atoms with van der Waals surface area (Å²) < 4.78 is 14.4. The fourth-order valence-electron chi connectivity index (χ4n) is 3.61. The molecule has 3 aromatic heterocycles. The van der Waals surface area contributed by atoms with Crippen molar-refractivity contribution < 1.29 is 9.18 Å². The monoisotopic (exact) mass is 479 g/mol. The number of rotatable bonds is 5. The van der Waals surface area contributed by atoms with Gasteiger partial charge in [0, 0.05) is 58.4 Å². The van der Waals surface area contributed by atoms with E-state index in [-0.39, 0.29) is 12.2 Å². The zero-order valence-corrected chi connectivity index (χ0v) is 18.6. The van der Waals surface area contributed by atoms with Crippen molar-refractivity contribution in [1.29, 1.82) is 0 Å². The summed E-state index contributed by atoms with van der Waals surface area (Å²) in [4.78, 5) is 28.5. The van der Waals surface area contributed by atoms with Crippen molar-refractivity contribution in [2.24, 2.45) is 0 Å². The SMILES string of the molecule is O=C(NCc1cc2c(Cl)c[nH]c2cc1F)c1cncc(Cc2cnc3ccc(Cl)cc3c2)n1. The van der Waals surface area contributed by atoms with Crippen molar-refractivity contribution in [2.45, 2.75) is 13.0 Å². The lowest BCUT2D eigenvalue weighted by molar-refractivity contribution is 0.0945. The van der Waals surface area contributed by atoms with E-state index >= 15 is 0 Å². The smallest absolute Gasteiger partial charge is 0.271 e. The van der Waals surface area contributed by atoms with Crippen molar-refractivity contribution in [3.63, 3.8) is 0 Å². The van der Waals surface area contributed by atoms with E-state index in [2.05, 4.69) is 25.3 Å². The summed E-state index contributed by atoms with van der Waals surface area (Å²) in [5, 5.41) is 5.42. The molecule has 0 saturated carbocycles. The van der Waals surface area contributed by atoms with Crippen LogP contribution in [0.4, 0.5) is 4.39 Å². The minimum Gasteiger partial charge on any atom is -0.360 e. The summed E-state index contributed by atoms with van der Waals surface area (Å²) in [5.74, 6) is -0.891. The fourth-order valence-corrected chi connectivity index (χ4v) is 4.00. The summed E-state index contributed by atoms with van der Waals surface area (Å²) in [6.45, 7) is -0.0105. The van der Waals surface area contributed by atoms with E-state index in [1.165, 1.54) is 12.3 Å². The van der Waals surface area contributed by atoms with Gasteiger partial charge in [-0.15, -0.1) is 0 Å². The lowest BCUT2D eigenvalue weighted by atomic mass is 10.1. The van der Waals surface area contributed by atoms with Gasteiger partial charge in [-0.3, -0.25) is 14.8 Å². The Labute approximate surface area is 197 Å². The second kappa shape index (κ2) is 8.77. The Hall–Kier alpha value is -3.55. The number of nitrogens with zero attached hydrogens (tertiary/aromatic N) is 3. The number of fused-ring (bicyclic) bond motifs is 2. The van der Waals surface area contributed by atoms with Crippen molar-refractivity contribution >= 4 is 50.9 Å². The van der Waals surface area contributed by atoms with Crippen LogP contribution in [0.25, 0.3) is 21.8 Å². The van der Waals surface area contributed by atoms with Crippen LogP contribution < -0.4 is 5.32 Å². The third-order valence-corrected chi connectivity index (χ3v) is 5.79. The van der Waals surface area contributed by atoms with Crippen molar-refractivity contribution in [1.82, 2.24) is 25.3 Å². The number of carbonyl (C=O) groups excluding carboxylic acids is 1. The molecule has 164 valence electrons. The summed E-state index contributed by atoms with van der Waals surface area (Å²) in [6.07, 6.45) is 6.77. The zero-order valence-electron chi connectivity index (χ0n) is 17.1. The van der Waals surface area contributed by atoms with Crippen LogP contribution in [0.1, 0.15) is 27.3 Å². The third-order valence-electron chi connectivity index (χ3n) is 5.24. The number of H-pyrrole nitrogens is 1. The van der Waals surface area contributed by atoms with E-state index in [0.717, 1.165) is 16.5 Å². The first-order valence-corrected chi connectivity index (χ1v) is 10.8. The Kier molecular flexibility index (Phi) is 5.66. The molecular formula is C24H16Cl2FN5O. The number of aromatic amines is 1. The molecule has 2 aromatic carbocycles. The quantitative estimate of drug-likeness (QED) is 0.349. The first-order valence-electron chi connectivity index (χ1n) is 10.0. The number of pyridine rings is 1. The van der Waals surface area contributed by atoms with E-state index in [0.29, 0.717) is 38.6 Å². The molecule has 5 aromatic rings. The molecule has 33 heavy (non-hydrogen) atoms. The number of hydrogen-bond donors (Lipinski definition) is 2. The first-order chi connectivity index (χ1) is 16.0. The van der Waals surface area contributed by atoms with Gasteiger partial charge in [0.1, 0.15) is 11.5 Å². The molecule has 0 unspecified atom stereocenters. The summed E-state index contributed by atoms with van der Waals surface area (Å²) in [5.41, 5.74) is 3.42. The molecule has 0 aliphatic rings. The number of amides is 1. The van der Waals surface area contributed by atoms with Gasteiger partial charge in [0.2, 0.25) is 0 Å². The summed E-state index contributed by atoms with van der Waals surface area (Å²) >= 11 is 12.2. The van der Waals surface area contributed by atoms with Gasteiger partial charge in [-0.1, -0.05) is 23.2 Å². The van der Waals surface area contributed by atoms with Gasteiger partial charge in [-0.2, -0.15) is 0 Å². The van der Waals surface area contributed by atoms with Gasteiger partial charge in [-0.25, -0.2) is 9.37 Å². The molecule has 0 fully saturated rings.